The van der Waals surface area contributed by atoms with Crippen molar-refractivity contribution in [3.8, 4) is 11.5 Å². The van der Waals surface area contributed by atoms with E-state index in [1.807, 2.05) is 30.3 Å². The number of ether oxygens (including phenoxy) is 1. The lowest BCUT2D eigenvalue weighted by molar-refractivity contribution is -0.116. The van der Waals surface area contributed by atoms with Gasteiger partial charge in [0.2, 0.25) is 21.1 Å². The minimum Gasteiger partial charge on any atom is -0.457 e. The molecule has 0 saturated carbocycles. The number of amides is 1. The summed E-state index contributed by atoms with van der Waals surface area (Å²) in [6, 6.07) is 14.8. The van der Waals surface area contributed by atoms with Gasteiger partial charge in [0.05, 0.1) is 11.9 Å². The predicted molar refractivity (Wildman–Crippen MR) is 134 cm³/mol. The van der Waals surface area contributed by atoms with Crippen LogP contribution in [-0.4, -0.2) is 42.6 Å². The van der Waals surface area contributed by atoms with Crippen molar-refractivity contribution in [1.82, 2.24) is 10.2 Å². The molecule has 0 bridgehead atoms. The average Bonchev–Trinajstić information content (AvgIpc) is 3.20. The normalized spacial score (nSPS) is 12.4. The SMILES string of the molecule is CC(C)CSc1nnc(NC(=O)[C@H](C)N(c2ccc(Oc3ccccc3)cc2)S(C)(=O)=O)s1. The van der Waals surface area contributed by atoms with Crippen molar-refractivity contribution in [2.45, 2.75) is 31.2 Å². The third-order valence-electron chi connectivity index (χ3n) is 4.34. The third kappa shape index (κ3) is 7.18. The van der Waals surface area contributed by atoms with Gasteiger partial charge < -0.3 is 4.74 Å². The number of hydrogen-bond donors (Lipinski definition) is 1. The van der Waals surface area contributed by atoms with Gasteiger partial charge in [-0.2, -0.15) is 0 Å². The molecular formula is C22H26N4O4S3. The molecule has 0 radical (unpaired) electrons. The Morgan fingerprint density at radius 1 is 1.06 bits per heavy atom. The molecule has 3 rings (SSSR count). The Bertz CT molecular complexity index is 1170. The van der Waals surface area contributed by atoms with Crippen LogP contribution in [0.25, 0.3) is 0 Å². The molecule has 176 valence electrons. The first kappa shape index (κ1) is 25.0. The topological polar surface area (TPSA) is 101 Å². The first-order chi connectivity index (χ1) is 15.6. The zero-order chi connectivity index (χ0) is 24.0. The van der Waals surface area contributed by atoms with E-state index in [2.05, 4.69) is 29.4 Å². The number of aromatic nitrogens is 2. The van der Waals surface area contributed by atoms with Crippen LogP contribution in [0.1, 0.15) is 20.8 Å². The number of anilines is 2. The van der Waals surface area contributed by atoms with Gasteiger partial charge in [0.1, 0.15) is 17.5 Å². The lowest BCUT2D eigenvalue weighted by atomic mass is 10.2. The van der Waals surface area contributed by atoms with Gasteiger partial charge in [-0.3, -0.25) is 14.4 Å². The number of rotatable bonds is 10. The van der Waals surface area contributed by atoms with Crippen molar-refractivity contribution in [3.05, 3.63) is 54.6 Å². The summed E-state index contributed by atoms with van der Waals surface area (Å²) in [6.07, 6.45) is 1.07. The van der Waals surface area contributed by atoms with E-state index in [9.17, 15) is 13.2 Å². The molecule has 8 nitrogen and oxygen atoms in total. The Morgan fingerprint density at radius 2 is 1.70 bits per heavy atom. The van der Waals surface area contributed by atoms with E-state index in [-0.39, 0.29) is 0 Å². The molecule has 0 spiro atoms. The second kappa shape index (κ2) is 11.0. The van der Waals surface area contributed by atoms with E-state index in [0.29, 0.717) is 28.2 Å². The quantitative estimate of drug-likeness (QED) is 0.309. The molecule has 1 atom stereocenters. The van der Waals surface area contributed by atoms with Crippen molar-refractivity contribution >= 4 is 49.8 Å². The van der Waals surface area contributed by atoms with Gasteiger partial charge in [-0.15, -0.1) is 10.2 Å². The second-order valence-electron chi connectivity index (χ2n) is 7.71. The summed E-state index contributed by atoms with van der Waals surface area (Å²) in [4.78, 5) is 12.8. The van der Waals surface area contributed by atoms with Gasteiger partial charge in [-0.05, 0) is 49.2 Å². The lowest BCUT2D eigenvalue weighted by Gasteiger charge is -2.28. The molecule has 1 aromatic heterocycles. The molecule has 2 aromatic carbocycles. The van der Waals surface area contributed by atoms with Gasteiger partial charge in [0.25, 0.3) is 0 Å². The van der Waals surface area contributed by atoms with Crippen LogP contribution in [0.5, 0.6) is 11.5 Å². The molecule has 3 aromatic rings. The first-order valence-electron chi connectivity index (χ1n) is 10.2. The standard InChI is InChI=1S/C22H26N4O4S3/c1-15(2)14-31-22-25-24-21(32-22)23-20(27)16(3)26(33(4,28)29)17-10-12-19(13-11-17)30-18-8-6-5-7-9-18/h5-13,15-16H,14H2,1-4H3,(H,23,24,27)/t16-/m0/s1. The summed E-state index contributed by atoms with van der Waals surface area (Å²) in [5.41, 5.74) is 0.353. The lowest BCUT2D eigenvalue weighted by Crippen LogP contribution is -2.45. The van der Waals surface area contributed by atoms with Gasteiger partial charge in [-0.25, -0.2) is 8.42 Å². The summed E-state index contributed by atoms with van der Waals surface area (Å²) >= 11 is 2.83. The number of thioether (sulfide) groups is 1. The summed E-state index contributed by atoms with van der Waals surface area (Å²) in [5.74, 6) is 2.12. The van der Waals surface area contributed by atoms with Gasteiger partial charge in [0, 0.05) is 5.75 Å². The summed E-state index contributed by atoms with van der Waals surface area (Å²) < 4.78 is 32.7. The maximum Gasteiger partial charge on any atom is 0.249 e. The highest BCUT2D eigenvalue weighted by molar-refractivity contribution is 8.01. The number of nitrogens with zero attached hydrogens (tertiary/aromatic N) is 3. The maximum absolute atomic E-state index is 12.8. The van der Waals surface area contributed by atoms with Crippen molar-refractivity contribution in [2.75, 3.05) is 21.6 Å². The monoisotopic (exact) mass is 506 g/mol. The number of carbonyl (C=O) groups excluding carboxylic acids is 1. The smallest absolute Gasteiger partial charge is 0.249 e. The molecule has 0 aliphatic carbocycles. The fraction of sp³-hybridized carbons (Fsp3) is 0.318. The minimum absolute atomic E-state index is 0.332. The number of para-hydroxylation sites is 1. The van der Waals surface area contributed by atoms with Gasteiger partial charge in [-0.1, -0.05) is 55.1 Å². The molecular weight excluding hydrogens is 480 g/mol. The zero-order valence-electron chi connectivity index (χ0n) is 18.8. The van der Waals surface area contributed by atoms with Crippen LogP contribution in [0.15, 0.2) is 58.9 Å². The molecule has 0 fully saturated rings. The summed E-state index contributed by atoms with van der Waals surface area (Å²) in [5, 5.41) is 11.1. The molecule has 0 aliphatic rings. The van der Waals surface area contributed by atoms with E-state index in [1.54, 1.807) is 36.0 Å². The number of nitrogens with one attached hydrogen (secondary N) is 1. The molecule has 1 amide bonds. The van der Waals surface area contributed by atoms with Crippen LogP contribution in [0.2, 0.25) is 0 Å². The molecule has 0 unspecified atom stereocenters. The third-order valence-corrected chi connectivity index (χ3v) is 7.98. The first-order valence-corrected chi connectivity index (χ1v) is 13.9. The average molecular weight is 507 g/mol. The van der Waals surface area contributed by atoms with E-state index >= 15 is 0 Å². The number of hydrogen-bond acceptors (Lipinski definition) is 8. The fourth-order valence-electron chi connectivity index (χ4n) is 2.86. The van der Waals surface area contributed by atoms with E-state index in [0.717, 1.165) is 20.7 Å². The highest BCUT2D eigenvalue weighted by atomic mass is 32.2. The van der Waals surface area contributed by atoms with E-state index in [4.69, 9.17) is 4.74 Å². The Labute approximate surface area is 202 Å². The zero-order valence-corrected chi connectivity index (χ0v) is 21.2. The van der Waals surface area contributed by atoms with Crippen molar-refractivity contribution < 1.29 is 17.9 Å². The second-order valence-corrected chi connectivity index (χ2v) is 11.8. The van der Waals surface area contributed by atoms with Crippen LogP contribution in [0, 0.1) is 5.92 Å². The fourth-order valence-corrected chi connectivity index (χ4v) is 5.77. The van der Waals surface area contributed by atoms with Crippen LogP contribution >= 0.6 is 23.1 Å². The molecule has 33 heavy (non-hydrogen) atoms. The Kier molecular flexibility index (Phi) is 8.33. The summed E-state index contributed by atoms with van der Waals surface area (Å²) in [6.45, 7) is 5.75. The Balaban J connectivity index is 1.72. The van der Waals surface area contributed by atoms with Crippen LogP contribution in [-0.2, 0) is 14.8 Å². The van der Waals surface area contributed by atoms with E-state index in [1.165, 1.54) is 18.3 Å². The number of carbonyl (C=O) groups is 1. The Hall–Kier alpha value is -2.63. The number of sulfonamides is 1. The van der Waals surface area contributed by atoms with Gasteiger partial charge >= 0.3 is 0 Å². The highest BCUT2D eigenvalue weighted by Gasteiger charge is 2.29. The molecule has 1 N–H and O–H groups in total. The van der Waals surface area contributed by atoms with Crippen LogP contribution in [0.3, 0.4) is 0 Å². The summed E-state index contributed by atoms with van der Waals surface area (Å²) in [7, 11) is -3.74. The molecule has 1 heterocycles. The number of benzene rings is 2. The minimum atomic E-state index is -3.74. The molecule has 11 heteroatoms. The van der Waals surface area contributed by atoms with Crippen LogP contribution < -0.4 is 14.4 Å². The predicted octanol–water partition coefficient (Wildman–Crippen LogP) is 4.87. The van der Waals surface area contributed by atoms with E-state index < -0.39 is 22.0 Å². The van der Waals surface area contributed by atoms with Crippen molar-refractivity contribution in [2.24, 2.45) is 5.92 Å². The Morgan fingerprint density at radius 3 is 2.30 bits per heavy atom. The maximum atomic E-state index is 12.8. The largest absolute Gasteiger partial charge is 0.457 e. The molecule has 0 aliphatic heterocycles. The van der Waals surface area contributed by atoms with Crippen molar-refractivity contribution in [3.63, 3.8) is 0 Å². The van der Waals surface area contributed by atoms with Crippen molar-refractivity contribution in [1.29, 1.82) is 0 Å². The van der Waals surface area contributed by atoms with Gasteiger partial charge in [0.15, 0.2) is 4.34 Å². The molecule has 0 saturated heterocycles. The highest BCUT2D eigenvalue weighted by Crippen LogP contribution is 2.29. The van der Waals surface area contributed by atoms with Crippen LogP contribution in [0.4, 0.5) is 10.8 Å².